The van der Waals surface area contributed by atoms with Crippen LogP contribution in [0.25, 0.3) is 11.2 Å². The molecule has 0 aliphatic carbocycles. The molecule has 2 aromatic rings. The van der Waals surface area contributed by atoms with E-state index in [0.29, 0.717) is 17.8 Å². The molecule has 0 unspecified atom stereocenters. The molecule has 0 amide bonds. The number of imidazole rings is 1. The third kappa shape index (κ3) is 3.15. The SMILES string of the molecule is CCOc1nc(N)nc2c1ncn2[C@@H]1O[C@H](CO)[C@@H](CF)[C@H]1OC(C)=O. The number of nitrogens with two attached hydrogens (primary N) is 1. The van der Waals surface area contributed by atoms with Crippen molar-refractivity contribution in [3.63, 3.8) is 0 Å². The van der Waals surface area contributed by atoms with E-state index in [1.807, 2.05) is 0 Å². The van der Waals surface area contributed by atoms with Crippen molar-refractivity contribution >= 4 is 23.1 Å². The smallest absolute Gasteiger partial charge is 0.303 e. The average Bonchev–Trinajstić information content (AvgIpc) is 3.15. The first kappa shape index (κ1) is 18.3. The number of hydrogen-bond acceptors (Lipinski definition) is 9. The van der Waals surface area contributed by atoms with Gasteiger partial charge in [-0.25, -0.2) is 4.98 Å². The molecule has 26 heavy (non-hydrogen) atoms. The minimum atomic E-state index is -0.959. The topological polar surface area (TPSA) is 135 Å². The van der Waals surface area contributed by atoms with Crippen molar-refractivity contribution in [3.05, 3.63) is 6.33 Å². The number of anilines is 1. The molecule has 2 aromatic heterocycles. The maximum Gasteiger partial charge on any atom is 0.303 e. The molecule has 0 bridgehead atoms. The Morgan fingerprint density at radius 2 is 2.27 bits per heavy atom. The molecule has 4 atom stereocenters. The van der Waals surface area contributed by atoms with Crippen LogP contribution in [0.5, 0.6) is 5.88 Å². The van der Waals surface area contributed by atoms with Crippen molar-refractivity contribution < 1.29 is 28.5 Å². The van der Waals surface area contributed by atoms with Gasteiger partial charge >= 0.3 is 5.97 Å². The molecular formula is C15H20FN5O5. The Bertz CT molecular complexity index is 800. The number of nitrogens with zero attached hydrogens (tertiary/aromatic N) is 4. The van der Waals surface area contributed by atoms with Gasteiger partial charge in [-0.2, -0.15) is 9.97 Å². The molecule has 1 fully saturated rings. The van der Waals surface area contributed by atoms with Gasteiger partial charge in [-0.05, 0) is 6.92 Å². The Morgan fingerprint density at radius 3 is 2.88 bits per heavy atom. The van der Waals surface area contributed by atoms with Gasteiger partial charge in [0.2, 0.25) is 11.8 Å². The van der Waals surface area contributed by atoms with Gasteiger partial charge in [0, 0.05) is 6.92 Å². The molecule has 11 heteroatoms. The number of rotatable bonds is 6. The largest absolute Gasteiger partial charge is 0.476 e. The van der Waals surface area contributed by atoms with Crippen LogP contribution in [0.2, 0.25) is 0 Å². The molecule has 0 radical (unpaired) electrons. The van der Waals surface area contributed by atoms with Gasteiger partial charge in [0.25, 0.3) is 0 Å². The number of carbonyl (C=O) groups is 1. The van der Waals surface area contributed by atoms with E-state index in [0.717, 1.165) is 0 Å². The van der Waals surface area contributed by atoms with Crippen molar-refractivity contribution in [1.82, 2.24) is 19.5 Å². The molecule has 0 aromatic carbocycles. The molecule has 3 rings (SSSR count). The van der Waals surface area contributed by atoms with Crippen LogP contribution < -0.4 is 10.5 Å². The van der Waals surface area contributed by atoms with Gasteiger partial charge < -0.3 is 25.1 Å². The number of aliphatic hydroxyl groups is 1. The number of aliphatic hydroxyl groups excluding tert-OH is 1. The molecule has 1 saturated heterocycles. The van der Waals surface area contributed by atoms with Crippen molar-refractivity contribution in [2.75, 3.05) is 25.6 Å². The van der Waals surface area contributed by atoms with Gasteiger partial charge in [-0.3, -0.25) is 13.8 Å². The first-order valence-electron chi connectivity index (χ1n) is 8.12. The highest BCUT2D eigenvalue weighted by Crippen LogP contribution is 2.38. The van der Waals surface area contributed by atoms with E-state index in [1.165, 1.54) is 17.8 Å². The van der Waals surface area contributed by atoms with Gasteiger partial charge in [-0.1, -0.05) is 0 Å². The van der Waals surface area contributed by atoms with Crippen LogP contribution in [-0.4, -0.2) is 62.7 Å². The molecule has 3 N–H and O–H groups in total. The predicted molar refractivity (Wildman–Crippen MR) is 86.9 cm³/mol. The van der Waals surface area contributed by atoms with E-state index in [4.69, 9.17) is 19.9 Å². The number of halogens is 1. The summed E-state index contributed by atoms with van der Waals surface area (Å²) < 4.78 is 31.4. The number of fused-ring (bicyclic) bond motifs is 1. The number of aromatic nitrogens is 4. The standard InChI is InChI=1S/C15H20FN5O5/c1-3-24-13-10-12(19-15(17)20-13)21(6-18-10)14-11(25-7(2)23)8(4-16)9(5-22)26-14/h6,8-9,11,14,22H,3-5H2,1-2H3,(H2,17,19,20)/t8-,9-,11-,14-/m1/s1. The highest BCUT2D eigenvalue weighted by molar-refractivity contribution is 5.77. The Morgan fingerprint density at radius 1 is 1.50 bits per heavy atom. The van der Waals surface area contributed by atoms with Gasteiger partial charge in [0.15, 0.2) is 23.5 Å². The highest BCUT2D eigenvalue weighted by atomic mass is 19.1. The molecule has 0 spiro atoms. The second kappa shape index (κ2) is 7.38. The van der Waals surface area contributed by atoms with E-state index in [2.05, 4.69) is 15.0 Å². The molecule has 10 nitrogen and oxygen atoms in total. The van der Waals surface area contributed by atoms with Gasteiger partial charge in [0.1, 0.15) is 0 Å². The summed E-state index contributed by atoms with van der Waals surface area (Å²) >= 11 is 0. The number of esters is 1. The quantitative estimate of drug-likeness (QED) is 0.685. The Hall–Kier alpha value is -2.53. The number of nitrogen functional groups attached to an aromatic ring is 1. The zero-order valence-electron chi connectivity index (χ0n) is 14.3. The third-order valence-corrected chi connectivity index (χ3v) is 4.12. The third-order valence-electron chi connectivity index (χ3n) is 4.12. The lowest BCUT2D eigenvalue weighted by Gasteiger charge is -2.22. The summed E-state index contributed by atoms with van der Waals surface area (Å²) in [6.45, 7) is 2.11. The lowest BCUT2D eigenvalue weighted by Crippen LogP contribution is -2.33. The molecule has 0 saturated carbocycles. The van der Waals surface area contributed by atoms with E-state index in [9.17, 15) is 14.3 Å². The number of carbonyl (C=O) groups excluding carboxylic acids is 1. The normalized spacial score (nSPS) is 25.5. The summed E-state index contributed by atoms with van der Waals surface area (Å²) in [5, 5.41) is 9.48. The highest BCUT2D eigenvalue weighted by Gasteiger charge is 2.48. The molecule has 142 valence electrons. The summed E-state index contributed by atoms with van der Waals surface area (Å²) in [6.07, 6.45) is -1.32. The summed E-state index contributed by atoms with van der Waals surface area (Å²) in [5.41, 5.74) is 6.37. The van der Waals surface area contributed by atoms with Crippen molar-refractivity contribution in [2.24, 2.45) is 5.92 Å². The van der Waals surface area contributed by atoms with E-state index >= 15 is 0 Å². The van der Waals surface area contributed by atoms with E-state index < -0.39 is 43.6 Å². The fourth-order valence-corrected chi connectivity index (χ4v) is 3.04. The Balaban J connectivity index is 2.07. The van der Waals surface area contributed by atoms with Crippen LogP contribution in [0.3, 0.4) is 0 Å². The monoisotopic (exact) mass is 369 g/mol. The maximum absolute atomic E-state index is 13.5. The first-order chi connectivity index (χ1) is 12.5. The zero-order valence-corrected chi connectivity index (χ0v) is 14.3. The van der Waals surface area contributed by atoms with Crippen LogP contribution in [0, 0.1) is 5.92 Å². The van der Waals surface area contributed by atoms with Crippen molar-refractivity contribution in [1.29, 1.82) is 0 Å². The summed E-state index contributed by atoms with van der Waals surface area (Å²) in [4.78, 5) is 23.8. The molecular weight excluding hydrogens is 349 g/mol. The van der Waals surface area contributed by atoms with E-state index in [1.54, 1.807) is 6.92 Å². The lowest BCUT2D eigenvalue weighted by atomic mass is 10.00. The average molecular weight is 369 g/mol. The summed E-state index contributed by atoms with van der Waals surface area (Å²) in [5.74, 6) is -1.24. The van der Waals surface area contributed by atoms with Gasteiger partial charge in [0.05, 0.1) is 38.2 Å². The molecule has 1 aliphatic heterocycles. The first-order valence-corrected chi connectivity index (χ1v) is 8.12. The van der Waals surface area contributed by atoms with Crippen molar-refractivity contribution in [3.8, 4) is 5.88 Å². The number of hydrogen-bond donors (Lipinski definition) is 2. The van der Waals surface area contributed by atoms with Crippen LogP contribution in [0.15, 0.2) is 6.33 Å². The fraction of sp³-hybridized carbons (Fsp3) is 0.600. The fourth-order valence-electron chi connectivity index (χ4n) is 3.04. The zero-order chi connectivity index (χ0) is 18.8. The van der Waals surface area contributed by atoms with E-state index in [-0.39, 0.29) is 11.8 Å². The lowest BCUT2D eigenvalue weighted by molar-refractivity contribution is -0.153. The second-order valence-electron chi connectivity index (χ2n) is 5.78. The number of alkyl halides is 1. The molecule has 1 aliphatic rings. The predicted octanol–water partition coefficient (Wildman–Crippen LogP) is 0.214. The molecule has 3 heterocycles. The van der Waals surface area contributed by atoms with Crippen molar-refractivity contribution in [2.45, 2.75) is 32.3 Å². The van der Waals surface area contributed by atoms with Crippen LogP contribution >= 0.6 is 0 Å². The van der Waals surface area contributed by atoms with Gasteiger partial charge in [-0.15, -0.1) is 0 Å². The second-order valence-corrected chi connectivity index (χ2v) is 5.78. The maximum atomic E-state index is 13.5. The Kier molecular flexibility index (Phi) is 5.18. The van der Waals surface area contributed by atoms with Crippen LogP contribution in [-0.2, 0) is 14.3 Å². The Labute approximate surface area is 148 Å². The van der Waals surface area contributed by atoms with Crippen LogP contribution in [0.1, 0.15) is 20.1 Å². The summed E-state index contributed by atoms with van der Waals surface area (Å²) in [7, 11) is 0. The minimum absolute atomic E-state index is 0.0366. The van der Waals surface area contributed by atoms with Crippen LogP contribution in [0.4, 0.5) is 10.3 Å². The minimum Gasteiger partial charge on any atom is -0.476 e. The number of ether oxygens (including phenoxy) is 3. The summed E-state index contributed by atoms with van der Waals surface area (Å²) in [6, 6.07) is 0.